The van der Waals surface area contributed by atoms with Crippen LogP contribution in [0.4, 0.5) is 4.79 Å². The van der Waals surface area contributed by atoms with Gasteiger partial charge >= 0.3 is 11.7 Å². The number of urea groups is 1. The molecular formula is C28H22N2O4. The smallest absolute Gasteiger partial charge is 0.336 e. The summed E-state index contributed by atoms with van der Waals surface area (Å²) < 4.78 is 5.47. The van der Waals surface area contributed by atoms with Gasteiger partial charge in [0, 0.05) is 11.5 Å². The molecular weight excluding hydrogens is 428 g/mol. The first-order valence-corrected chi connectivity index (χ1v) is 11.4. The van der Waals surface area contributed by atoms with Gasteiger partial charge in [-0.2, -0.15) is 0 Å². The highest BCUT2D eigenvalue weighted by Crippen LogP contribution is 2.37. The normalized spacial score (nSPS) is 16.6. The molecule has 6 heteroatoms. The molecule has 0 spiro atoms. The number of rotatable bonds is 4. The second-order valence-corrected chi connectivity index (χ2v) is 8.86. The molecule has 1 aromatic heterocycles. The van der Waals surface area contributed by atoms with Gasteiger partial charge in [-0.15, -0.1) is 0 Å². The van der Waals surface area contributed by atoms with Crippen molar-refractivity contribution in [3.8, 4) is 0 Å². The predicted molar refractivity (Wildman–Crippen MR) is 127 cm³/mol. The van der Waals surface area contributed by atoms with Crippen molar-refractivity contribution in [2.24, 2.45) is 0 Å². The van der Waals surface area contributed by atoms with Crippen LogP contribution in [0.25, 0.3) is 11.0 Å². The van der Waals surface area contributed by atoms with Gasteiger partial charge in [0.2, 0.25) is 0 Å². The van der Waals surface area contributed by atoms with E-state index >= 15 is 0 Å². The van der Waals surface area contributed by atoms with E-state index < -0.39 is 17.2 Å². The van der Waals surface area contributed by atoms with E-state index in [4.69, 9.17) is 4.42 Å². The monoisotopic (exact) mass is 450 g/mol. The molecule has 1 aliphatic heterocycles. The fourth-order valence-corrected chi connectivity index (χ4v) is 5.25. The van der Waals surface area contributed by atoms with Gasteiger partial charge in [0.1, 0.15) is 5.58 Å². The van der Waals surface area contributed by atoms with Crippen molar-refractivity contribution in [2.75, 3.05) is 0 Å². The van der Waals surface area contributed by atoms with E-state index in [1.807, 2.05) is 72.8 Å². The van der Waals surface area contributed by atoms with Crippen LogP contribution in [0.3, 0.4) is 0 Å². The number of nitrogens with one attached hydrogen (secondary N) is 1. The largest absolute Gasteiger partial charge is 0.423 e. The Bertz CT molecular complexity index is 1450. The third kappa shape index (κ3) is 3.06. The van der Waals surface area contributed by atoms with Crippen molar-refractivity contribution in [3.63, 3.8) is 0 Å². The first-order valence-electron chi connectivity index (χ1n) is 11.4. The van der Waals surface area contributed by atoms with Crippen LogP contribution in [0.1, 0.15) is 34.2 Å². The van der Waals surface area contributed by atoms with Crippen molar-refractivity contribution >= 4 is 22.9 Å². The lowest BCUT2D eigenvalue weighted by molar-refractivity contribution is -0.130. The zero-order valence-corrected chi connectivity index (χ0v) is 18.4. The van der Waals surface area contributed by atoms with Crippen molar-refractivity contribution in [1.82, 2.24) is 10.2 Å². The van der Waals surface area contributed by atoms with Crippen LogP contribution in [0, 0.1) is 0 Å². The zero-order chi connectivity index (χ0) is 23.3. The van der Waals surface area contributed by atoms with Gasteiger partial charge < -0.3 is 9.73 Å². The van der Waals surface area contributed by atoms with E-state index in [1.165, 1.54) is 22.1 Å². The number of carbonyl (C=O) groups excluding carboxylic acids is 2. The summed E-state index contributed by atoms with van der Waals surface area (Å²) in [6.07, 6.45) is 3.00. The minimum absolute atomic E-state index is 0.0209. The molecule has 6 rings (SSSR count). The third-order valence-corrected chi connectivity index (χ3v) is 6.89. The first-order chi connectivity index (χ1) is 16.6. The van der Waals surface area contributed by atoms with Gasteiger partial charge in [0.15, 0.2) is 5.54 Å². The second-order valence-electron chi connectivity index (χ2n) is 8.86. The summed E-state index contributed by atoms with van der Waals surface area (Å²) in [6.45, 7) is -0.0209. The second kappa shape index (κ2) is 7.70. The molecule has 0 radical (unpaired) electrons. The average Bonchev–Trinajstić information content (AvgIpc) is 3.41. The van der Waals surface area contributed by atoms with Crippen LogP contribution in [0.5, 0.6) is 0 Å². The molecule has 0 unspecified atom stereocenters. The molecule has 3 amide bonds. The summed E-state index contributed by atoms with van der Waals surface area (Å²) in [5.41, 5.74) is 3.03. The van der Waals surface area contributed by atoms with Crippen molar-refractivity contribution < 1.29 is 14.0 Å². The van der Waals surface area contributed by atoms with Gasteiger partial charge in [0.05, 0.1) is 6.54 Å². The van der Waals surface area contributed by atoms with Crippen LogP contribution in [-0.2, 0) is 29.7 Å². The van der Waals surface area contributed by atoms with Gasteiger partial charge in [-0.05, 0) is 59.2 Å². The summed E-state index contributed by atoms with van der Waals surface area (Å²) in [7, 11) is 0. The molecule has 0 atom stereocenters. The minimum Gasteiger partial charge on any atom is -0.423 e. The van der Waals surface area contributed by atoms with Crippen LogP contribution in [-0.4, -0.2) is 16.8 Å². The maximum atomic E-state index is 14.0. The molecule has 168 valence electrons. The number of imide groups is 1. The highest BCUT2D eigenvalue weighted by atomic mass is 16.4. The van der Waals surface area contributed by atoms with E-state index in [2.05, 4.69) is 5.32 Å². The van der Waals surface area contributed by atoms with E-state index in [0.717, 1.165) is 24.6 Å². The Kier molecular flexibility index (Phi) is 4.62. The van der Waals surface area contributed by atoms with Crippen molar-refractivity contribution in [3.05, 3.63) is 117 Å². The summed E-state index contributed by atoms with van der Waals surface area (Å²) in [5.74, 6) is -0.377. The molecule has 1 saturated heterocycles. The van der Waals surface area contributed by atoms with Crippen LogP contribution < -0.4 is 10.9 Å². The van der Waals surface area contributed by atoms with Crippen LogP contribution >= 0.6 is 0 Å². The number of nitrogens with zero attached hydrogens (tertiary/aromatic N) is 1. The van der Waals surface area contributed by atoms with Gasteiger partial charge in [-0.25, -0.2) is 9.59 Å². The lowest BCUT2D eigenvalue weighted by Crippen LogP contribution is -2.45. The molecule has 2 heterocycles. The molecule has 3 aromatic carbocycles. The number of hydrogen-bond donors (Lipinski definition) is 1. The van der Waals surface area contributed by atoms with Crippen LogP contribution in [0.15, 0.2) is 88.1 Å². The Morgan fingerprint density at radius 2 is 1.44 bits per heavy atom. The van der Waals surface area contributed by atoms with Gasteiger partial charge in [-0.3, -0.25) is 9.69 Å². The Morgan fingerprint density at radius 1 is 0.824 bits per heavy atom. The summed E-state index contributed by atoms with van der Waals surface area (Å²) >= 11 is 0. The molecule has 4 aromatic rings. The number of carbonyl (C=O) groups is 2. The minimum atomic E-state index is -1.34. The van der Waals surface area contributed by atoms with Crippen molar-refractivity contribution in [1.29, 1.82) is 0 Å². The predicted octanol–water partition coefficient (Wildman–Crippen LogP) is 4.28. The summed E-state index contributed by atoms with van der Waals surface area (Å²) in [6, 6.07) is 23.3. The SMILES string of the molecule is O=C1NC(c2ccccc2)(c2ccccc2)C(=O)N1Cc1cc(=O)oc2cc3c(cc12)CCC3. The Hall–Kier alpha value is -4.19. The Morgan fingerprint density at radius 3 is 2.09 bits per heavy atom. The van der Waals surface area contributed by atoms with E-state index in [0.29, 0.717) is 22.3 Å². The number of fused-ring (bicyclic) bond motifs is 2. The van der Waals surface area contributed by atoms with E-state index in [-0.39, 0.29) is 12.5 Å². The van der Waals surface area contributed by atoms with E-state index in [1.54, 1.807) is 0 Å². The maximum absolute atomic E-state index is 14.0. The maximum Gasteiger partial charge on any atom is 0.336 e. The highest BCUT2D eigenvalue weighted by molar-refractivity contribution is 6.09. The third-order valence-electron chi connectivity index (χ3n) is 6.89. The molecule has 34 heavy (non-hydrogen) atoms. The molecule has 6 nitrogen and oxygen atoms in total. The molecule has 1 aliphatic carbocycles. The zero-order valence-electron chi connectivity index (χ0n) is 18.4. The number of benzene rings is 3. The fraction of sp³-hybridized carbons (Fsp3) is 0.179. The molecule has 2 aliphatic rings. The Labute approximate surface area is 195 Å². The molecule has 1 N–H and O–H groups in total. The number of aryl methyl sites for hydroxylation is 2. The average molecular weight is 450 g/mol. The molecule has 0 bridgehead atoms. The van der Waals surface area contributed by atoms with Gasteiger partial charge in [0.25, 0.3) is 5.91 Å². The summed E-state index contributed by atoms with van der Waals surface area (Å²) in [5, 5.41) is 3.72. The van der Waals surface area contributed by atoms with E-state index in [9.17, 15) is 14.4 Å². The topological polar surface area (TPSA) is 79.6 Å². The standard InChI is InChI=1S/C28H22N2O4/c31-25-16-20(23-14-18-8-7-9-19(18)15-24(23)34-25)17-30-26(32)28(29-27(30)33,21-10-3-1-4-11-21)22-12-5-2-6-13-22/h1-6,10-16H,7-9,17H2,(H,29,33). The van der Waals surface area contributed by atoms with Gasteiger partial charge in [-0.1, -0.05) is 60.7 Å². The van der Waals surface area contributed by atoms with Crippen molar-refractivity contribution in [2.45, 2.75) is 31.3 Å². The van der Waals surface area contributed by atoms with Crippen LogP contribution in [0.2, 0.25) is 0 Å². The highest BCUT2D eigenvalue weighted by Gasteiger charge is 2.53. The Balaban J connectivity index is 1.46. The molecule has 0 saturated carbocycles. The number of hydrogen-bond acceptors (Lipinski definition) is 4. The lowest BCUT2D eigenvalue weighted by Gasteiger charge is -2.28. The lowest BCUT2D eigenvalue weighted by atomic mass is 9.82. The quantitative estimate of drug-likeness (QED) is 0.372. The number of amides is 3. The molecule has 1 fully saturated rings. The summed E-state index contributed by atoms with van der Waals surface area (Å²) in [4.78, 5) is 40.8. The fourth-order valence-electron chi connectivity index (χ4n) is 5.25. The first kappa shape index (κ1) is 20.4.